The molecule has 1 N–H and O–H groups in total. The summed E-state index contributed by atoms with van der Waals surface area (Å²) in [4.78, 5) is 1.67. The lowest BCUT2D eigenvalue weighted by molar-refractivity contribution is 0.217. The normalized spacial score (nSPS) is 24.1. The van der Waals surface area contributed by atoms with E-state index in [4.69, 9.17) is 0 Å². The van der Waals surface area contributed by atoms with Gasteiger partial charge < -0.3 is 5.32 Å². The molecule has 1 aromatic heterocycles. The van der Waals surface area contributed by atoms with Crippen LogP contribution >= 0.6 is 11.3 Å². The average molecular weight is 263 g/mol. The van der Waals surface area contributed by atoms with Gasteiger partial charge in [0.2, 0.25) is 0 Å². The maximum atomic E-state index is 3.66. The van der Waals surface area contributed by atoms with E-state index >= 15 is 0 Å². The number of fused-ring (bicyclic) bond motifs is 1. The van der Waals surface area contributed by atoms with Crippen molar-refractivity contribution in [2.24, 2.45) is 11.3 Å². The molecule has 0 saturated heterocycles. The average Bonchev–Trinajstić information content (AvgIpc) is 3.05. The highest BCUT2D eigenvalue weighted by Gasteiger charge is 2.30. The van der Waals surface area contributed by atoms with Crippen LogP contribution in [-0.2, 0) is 19.4 Å². The number of hydrogen-bond donors (Lipinski definition) is 1. The van der Waals surface area contributed by atoms with E-state index in [1.165, 1.54) is 32.1 Å². The fourth-order valence-electron chi connectivity index (χ4n) is 3.01. The van der Waals surface area contributed by atoms with E-state index in [2.05, 4.69) is 31.5 Å². The fourth-order valence-corrected chi connectivity index (χ4v) is 4.19. The van der Waals surface area contributed by atoms with E-state index in [1.807, 2.05) is 11.3 Å². The Morgan fingerprint density at radius 1 is 1.28 bits per heavy atom. The van der Waals surface area contributed by atoms with Gasteiger partial charge in [-0.1, -0.05) is 20.8 Å². The molecular formula is C16H25NS. The van der Waals surface area contributed by atoms with Gasteiger partial charge in [0.05, 0.1) is 0 Å². The molecule has 2 heteroatoms. The molecule has 100 valence electrons. The molecule has 1 fully saturated rings. The van der Waals surface area contributed by atoms with Crippen LogP contribution in [0.2, 0.25) is 0 Å². The summed E-state index contributed by atoms with van der Waals surface area (Å²) in [6.45, 7) is 8.29. The quantitative estimate of drug-likeness (QED) is 0.864. The van der Waals surface area contributed by atoms with Gasteiger partial charge >= 0.3 is 0 Å². The van der Waals surface area contributed by atoms with Crippen LogP contribution in [0.4, 0.5) is 0 Å². The Balaban J connectivity index is 1.69. The monoisotopic (exact) mass is 263 g/mol. The first-order valence-corrected chi connectivity index (χ1v) is 8.23. The summed E-state index contributed by atoms with van der Waals surface area (Å²) in [6, 6.07) is 0.825. The molecule has 0 aliphatic heterocycles. The molecule has 1 heterocycles. The lowest BCUT2D eigenvalue weighted by Crippen LogP contribution is -2.26. The Hall–Kier alpha value is -0.340. The molecule has 3 rings (SSSR count). The summed E-state index contributed by atoms with van der Waals surface area (Å²) >= 11 is 2.00. The highest BCUT2D eigenvalue weighted by atomic mass is 32.1. The molecule has 1 unspecified atom stereocenters. The van der Waals surface area contributed by atoms with Crippen LogP contribution in [0.3, 0.4) is 0 Å². The van der Waals surface area contributed by atoms with Crippen molar-refractivity contribution in [2.75, 3.05) is 0 Å². The first-order chi connectivity index (χ1) is 8.54. The Kier molecular flexibility index (Phi) is 3.27. The molecule has 18 heavy (non-hydrogen) atoms. The summed E-state index contributed by atoms with van der Waals surface area (Å²) in [5.74, 6) is 0.868. The molecular weight excluding hydrogens is 238 g/mol. The number of nitrogens with one attached hydrogen (secondary N) is 1. The Morgan fingerprint density at radius 3 is 2.72 bits per heavy atom. The SMILES string of the molecule is CC(C)(C)C1CCc2c(CNC3CC3)csc2C1. The summed E-state index contributed by atoms with van der Waals surface area (Å²) in [7, 11) is 0. The molecule has 0 radical (unpaired) electrons. The van der Waals surface area contributed by atoms with Crippen molar-refractivity contribution in [1.82, 2.24) is 5.32 Å². The van der Waals surface area contributed by atoms with Gasteiger partial charge in [-0.2, -0.15) is 0 Å². The Bertz CT molecular complexity index is 423. The van der Waals surface area contributed by atoms with E-state index in [1.54, 1.807) is 16.0 Å². The summed E-state index contributed by atoms with van der Waals surface area (Å²) in [6.07, 6.45) is 6.77. The van der Waals surface area contributed by atoms with Crippen LogP contribution in [0.1, 0.15) is 56.0 Å². The summed E-state index contributed by atoms with van der Waals surface area (Å²) in [5.41, 5.74) is 3.75. The highest BCUT2D eigenvalue weighted by molar-refractivity contribution is 7.10. The molecule has 0 spiro atoms. The minimum atomic E-state index is 0.466. The van der Waals surface area contributed by atoms with E-state index in [9.17, 15) is 0 Å². The second kappa shape index (κ2) is 4.64. The molecule has 0 aromatic carbocycles. The van der Waals surface area contributed by atoms with Crippen LogP contribution in [0.25, 0.3) is 0 Å². The Morgan fingerprint density at radius 2 is 2.06 bits per heavy atom. The van der Waals surface area contributed by atoms with Gasteiger partial charge in [-0.05, 0) is 59.9 Å². The van der Waals surface area contributed by atoms with Crippen molar-refractivity contribution in [3.05, 3.63) is 21.4 Å². The van der Waals surface area contributed by atoms with Gasteiger partial charge in [0, 0.05) is 17.5 Å². The molecule has 1 nitrogen and oxygen atoms in total. The molecule has 2 aliphatic rings. The molecule has 1 atom stereocenters. The molecule has 0 amide bonds. The van der Waals surface area contributed by atoms with Crippen molar-refractivity contribution in [1.29, 1.82) is 0 Å². The van der Waals surface area contributed by atoms with E-state index in [0.29, 0.717) is 5.41 Å². The zero-order chi connectivity index (χ0) is 12.8. The zero-order valence-corrected chi connectivity index (χ0v) is 12.7. The number of hydrogen-bond acceptors (Lipinski definition) is 2. The van der Waals surface area contributed by atoms with Crippen LogP contribution in [-0.4, -0.2) is 6.04 Å². The van der Waals surface area contributed by atoms with Crippen LogP contribution < -0.4 is 5.32 Å². The predicted octanol–water partition coefficient (Wildman–Crippen LogP) is 4.15. The standard InChI is InChI=1S/C16H25NS/c1-16(2,3)12-4-7-14-11(9-17-13-5-6-13)10-18-15(14)8-12/h10,12-13,17H,4-9H2,1-3H3. The van der Waals surface area contributed by atoms with E-state index in [-0.39, 0.29) is 0 Å². The third kappa shape index (κ3) is 2.65. The molecule has 0 bridgehead atoms. The topological polar surface area (TPSA) is 12.0 Å². The highest BCUT2D eigenvalue weighted by Crippen LogP contribution is 2.40. The second-order valence-corrected chi connectivity index (χ2v) is 8.09. The van der Waals surface area contributed by atoms with Crippen molar-refractivity contribution in [2.45, 2.75) is 65.5 Å². The maximum absolute atomic E-state index is 3.66. The van der Waals surface area contributed by atoms with Crippen molar-refractivity contribution >= 4 is 11.3 Å². The molecule has 1 saturated carbocycles. The minimum absolute atomic E-state index is 0.466. The number of thiophene rings is 1. The lowest BCUT2D eigenvalue weighted by Gasteiger charge is -2.34. The van der Waals surface area contributed by atoms with Gasteiger partial charge in [-0.25, -0.2) is 0 Å². The third-order valence-corrected chi connectivity index (χ3v) is 5.73. The van der Waals surface area contributed by atoms with Crippen molar-refractivity contribution in [3.63, 3.8) is 0 Å². The van der Waals surface area contributed by atoms with E-state index < -0.39 is 0 Å². The summed E-state index contributed by atoms with van der Waals surface area (Å²) < 4.78 is 0. The van der Waals surface area contributed by atoms with Gasteiger partial charge in [0.15, 0.2) is 0 Å². The zero-order valence-electron chi connectivity index (χ0n) is 11.9. The fraction of sp³-hybridized carbons (Fsp3) is 0.750. The van der Waals surface area contributed by atoms with E-state index in [0.717, 1.165) is 18.5 Å². The van der Waals surface area contributed by atoms with Gasteiger partial charge in [0.25, 0.3) is 0 Å². The van der Waals surface area contributed by atoms with Crippen LogP contribution in [0, 0.1) is 11.3 Å². The van der Waals surface area contributed by atoms with Crippen LogP contribution in [0.15, 0.2) is 5.38 Å². The first-order valence-electron chi connectivity index (χ1n) is 7.35. The minimum Gasteiger partial charge on any atom is -0.310 e. The van der Waals surface area contributed by atoms with Crippen molar-refractivity contribution in [3.8, 4) is 0 Å². The van der Waals surface area contributed by atoms with Crippen LogP contribution in [0.5, 0.6) is 0 Å². The summed E-state index contributed by atoms with van der Waals surface area (Å²) in [5, 5.41) is 6.07. The van der Waals surface area contributed by atoms with Gasteiger partial charge in [0.1, 0.15) is 0 Å². The second-order valence-electron chi connectivity index (χ2n) is 7.12. The lowest BCUT2D eigenvalue weighted by atomic mass is 9.72. The Labute approximate surface area is 115 Å². The number of rotatable bonds is 3. The van der Waals surface area contributed by atoms with Gasteiger partial charge in [-0.15, -0.1) is 11.3 Å². The molecule has 2 aliphatic carbocycles. The third-order valence-electron chi connectivity index (χ3n) is 4.63. The van der Waals surface area contributed by atoms with Gasteiger partial charge in [-0.3, -0.25) is 0 Å². The first kappa shape index (κ1) is 12.7. The molecule has 1 aromatic rings. The smallest absolute Gasteiger partial charge is 0.0219 e. The maximum Gasteiger partial charge on any atom is 0.0219 e. The largest absolute Gasteiger partial charge is 0.310 e. The predicted molar refractivity (Wildman–Crippen MR) is 79.2 cm³/mol. The van der Waals surface area contributed by atoms with Crippen molar-refractivity contribution < 1.29 is 0 Å².